The van der Waals surface area contributed by atoms with Crippen LogP contribution in [-0.2, 0) is 0 Å². The summed E-state index contributed by atoms with van der Waals surface area (Å²) in [5, 5.41) is 2.26. The first-order valence-corrected chi connectivity index (χ1v) is 10.4. The van der Waals surface area contributed by atoms with Gasteiger partial charge in [-0.15, -0.1) is 0 Å². The molecule has 4 nitrogen and oxygen atoms in total. The molecule has 0 amide bonds. The predicted molar refractivity (Wildman–Crippen MR) is 128 cm³/mol. The Morgan fingerprint density at radius 3 is 1.38 bits per heavy atom. The van der Waals surface area contributed by atoms with E-state index in [1.54, 1.807) is 0 Å². The number of nitrogens with zero attached hydrogens (tertiary/aromatic N) is 4. The summed E-state index contributed by atoms with van der Waals surface area (Å²) < 4.78 is 4.18. The molecule has 0 N–H and O–H groups in total. The zero-order chi connectivity index (χ0) is 21.3. The molecular formula is C28H18N4. The Labute approximate surface area is 185 Å². The van der Waals surface area contributed by atoms with Crippen LogP contribution >= 0.6 is 0 Å². The summed E-state index contributed by atoms with van der Waals surface area (Å²) in [7, 11) is 0. The third-order valence-corrected chi connectivity index (χ3v) is 5.54. The first kappa shape index (κ1) is 18.2. The number of hydrogen-bond acceptors (Lipinski definition) is 2. The van der Waals surface area contributed by atoms with Gasteiger partial charge < -0.3 is 9.13 Å². The summed E-state index contributed by atoms with van der Waals surface area (Å²) in [5.41, 5.74) is 6.00. The molecule has 0 saturated heterocycles. The van der Waals surface area contributed by atoms with Gasteiger partial charge >= 0.3 is 0 Å². The molecule has 4 heteroatoms. The molecule has 0 aliphatic rings. The van der Waals surface area contributed by atoms with E-state index in [1.807, 2.05) is 61.2 Å². The highest BCUT2D eigenvalue weighted by Crippen LogP contribution is 2.20. The second kappa shape index (κ2) is 7.57. The van der Waals surface area contributed by atoms with Crippen molar-refractivity contribution < 1.29 is 0 Å². The lowest BCUT2D eigenvalue weighted by Crippen LogP contribution is -1.93. The Kier molecular flexibility index (Phi) is 4.30. The van der Waals surface area contributed by atoms with Crippen molar-refractivity contribution in [3.8, 4) is 23.2 Å². The van der Waals surface area contributed by atoms with Crippen LogP contribution in [0.5, 0.6) is 0 Å². The molecule has 0 atom stereocenters. The highest BCUT2D eigenvalue weighted by molar-refractivity contribution is 5.78. The molecule has 0 aliphatic carbocycles. The van der Waals surface area contributed by atoms with Gasteiger partial charge in [0, 0.05) is 58.1 Å². The lowest BCUT2D eigenvalue weighted by molar-refractivity contribution is 1.09. The molecule has 4 aromatic heterocycles. The maximum Gasteiger partial charge on any atom is 0.144 e. The van der Waals surface area contributed by atoms with Crippen LogP contribution in [0.1, 0.15) is 11.1 Å². The maximum absolute atomic E-state index is 4.49. The lowest BCUT2D eigenvalue weighted by Gasteiger charge is -2.05. The van der Waals surface area contributed by atoms with Crippen molar-refractivity contribution in [1.82, 2.24) is 19.1 Å². The minimum Gasteiger partial charge on any atom is -0.301 e. The van der Waals surface area contributed by atoms with Crippen LogP contribution in [0.25, 0.3) is 33.4 Å². The molecule has 0 aliphatic heterocycles. The largest absolute Gasteiger partial charge is 0.301 e. The highest BCUT2D eigenvalue weighted by Gasteiger charge is 2.04. The minimum absolute atomic E-state index is 0.956. The Morgan fingerprint density at radius 1 is 0.500 bits per heavy atom. The summed E-state index contributed by atoms with van der Waals surface area (Å²) in [6, 6.07) is 28.7. The van der Waals surface area contributed by atoms with Crippen LogP contribution in [0.4, 0.5) is 0 Å². The van der Waals surface area contributed by atoms with Gasteiger partial charge in [0.15, 0.2) is 0 Å². The number of fused-ring (bicyclic) bond motifs is 2. The van der Waals surface area contributed by atoms with E-state index in [9.17, 15) is 0 Å². The normalized spacial score (nSPS) is 10.9. The first-order valence-electron chi connectivity index (χ1n) is 10.4. The fourth-order valence-electron chi connectivity index (χ4n) is 3.90. The highest BCUT2D eigenvalue weighted by atomic mass is 15.0. The number of benzene rings is 2. The fourth-order valence-corrected chi connectivity index (χ4v) is 3.90. The zero-order valence-electron chi connectivity index (χ0n) is 17.2. The van der Waals surface area contributed by atoms with Gasteiger partial charge in [-0.1, -0.05) is 11.8 Å². The molecule has 0 fully saturated rings. The molecule has 0 spiro atoms. The summed E-state index contributed by atoms with van der Waals surface area (Å²) >= 11 is 0. The SMILES string of the molecule is C(#Cc1ccc(-n2ccc3cccnc32)cc1)c1ccc(-n2ccc3cccnc32)cc1. The minimum atomic E-state index is 0.956. The van der Waals surface area contributed by atoms with Crippen molar-refractivity contribution >= 4 is 22.1 Å². The summed E-state index contributed by atoms with van der Waals surface area (Å²) in [6.07, 6.45) is 7.73. The van der Waals surface area contributed by atoms with Gasteiger partial charge in [0.25, 0.3) is 0 Å². The van der Waals surface area contributed by atoms with Crippen LogP contribution < -0.4 is 0 Å². The van der Waals surface area contributed by atoms with E-state index >= 15 is 0 Å². The fraction of sp³-hybridized carbons (Fsp3) is 0. The number of rotatable bonds is 2. The second-order valence-electron chi connectivity index (χ2n) is 7.55. The topological polar surface area (TPSA) is 35.6 Å². The van der Waals surface area contributed by atoms with Gasteiger partial charge in [-0.05, 0) is 84.9 Å². The number of aromatic nitrogens is 4. The van der Waals surface area contributed by atoms with E-state index in [0.29, 0.717) is 0 Å². The quantitative estimate of drug-likeness (QED) is 0.340. The molecule has 4 heterocycles. The van der Waals surface area contributed by atoms with Gasteiger partial charge in [0.05, 0.1) is 0 Å². The molecule has 150 valence electrons. The molecule has 0 unspecified atom stereocenters. The molecule has 6 rings (SSSR count). The van der Waals surface area contributed by atoms with Crippen LogP contribution in [-0.4, -0.2) is 19.1 Å². The average Bonchev–Trinajstić information content (AvgIpc) is 3.48. The third kappa shape index (κ3) is 3.23. The van der Waals surface area contributed by atoms with Crippen molar-refractivity contribution in [3.63, 3.8) is 0 Å². The van der Waals surface area contributed by atoms with E-state index < -0.39 is 0 Å². The third-order valence-electron chi connectivity index (χ3n) is 5.54. The molecule has 6 aromatic rings. The second-order valence-corrected chi connectivity index (χ2v) is 7.55. The smallest absolute Gasteiger partial charge is 0.144 e. The molecule has 0 radical (unpaired) electrons. The molecule has 32 heavy (non-hydrogen) atoms. The lowest BCUT2D eigenvalue weighted by atomic mass is 10.1. The Bertz CT molecular complexity index is 1490. The van der Waals surface area contributed by atoms with Crippen LogP contribution in [0.2, 0.25) is 0 Å². The monoisotopic (exact) mass is 410 g/mol. The van der Waals surface area contributed by atoms with E-state index in [4.69, 9.17) is 0 Å². The van der Waals surface area contributed by atoms with E-state index in [-0.39, 0.29) is 0 Å². The zero-order valence-corrected chi connectivity index (χ0v) is 17.2. The van der Waals surface area contributed by atoms with Crippen molar-refractivity contribution in [2.24, 2.45) is 0 Å². The van der Waals surface area contributed by atoms with E-state index in [0.717, 1.165) is 44.6 Å². The van der Waals surface area contributed by atoms with Crippen LogP contribution in [0.15, 0.2) is 110 Å². The summed E-state index contributed by atoms with van der Waals surface area (Å²) in [6.45, 7) is 0. The van der Waals surface area contributed by atoms with Crippen molar-refractivity contribution in [2.75, 3.05) is 0 Å². The predicted octanol–water partition coefficient (Wildman–Crippen LogP) is 5.76. The first-order chi connectivity index (χ1) is 15.8. The van der Waals surface area contributed by atoms with Crippen molar-refractivity contribution in [3.05, 3.63) is 121 Å². The summed E-state index contributed by atoms with van der Waals surface area (Å²) in [5.74, 6) is 6.52. The molecular weight excluding hydrogens is 392 g/mol. The van der Waals surface area contributed by atoms with Crippen LogP contribution in [0.3, 0.4) is 0 Å². The Morgan fingerprint density at radius 2 is 0.938 bits per heavy atom. The number of hydrogen-bond donors (Lipinski definition) is 0. The molecule has 2 aromatic carbocycles. The van der Waals surface area contributed by atoms with Gasteiger partial charge in [-0.3, -0.25) is 0 Å². The Hall–Kier alpha value is -4.62. The van der Waals surface area contributed by atoms with Gasteiger partial charge in [-0.25, -0.2) is 9.97 Å². The van der Waals surface area contributed by atoms with E-state index in [1.165, 1.54) is 0 Å². The van der Waals surface area contributed by atoms with Crippen molar-refractivity contribution in [2.45, 2.75) is 0 Å². The van der Waals surface area contributed by atoms with Gasteiger partial charge in [0.2, 0.25) is 0 Å². The number of pyridine rings is 2. The van der Waals surface area contributed by atoms with Gasteiger partial charge in [-0.2, -0.15) is 0 Å². The van der Waals surface area contributed by atoms with Gasteiger partial charge in [0.1, 0.15) is 11.3 Å². The molecule has 0 saturated carbocycles. The summed E-state index contributed by atoms with van der Waals surface area (Å²) in [4.78, 5) is 8.98. The van der Waals surface area contributed by atoms with E-state index in [2.05, 4.69) is 79.5 Å². The average molecular weight is 410 g/mol. The molecule has 0 bridgehead atoms. The standard InChI is InChI=1S/C28H18N4/c1-3-23-15-19-31(27(23)29-17-1)25-11-7-21(8-12-25)5-6-22-9-13-26(14-10-22)32-20-16-24-4-2-18-30-28(24)32/h1-4,7-20H. The van der Waals surface area contributed by atoms with Crippen LogP contribution in [0, 0.1) is 11.8 Å². The van der Waals surface area contributed by atoms with Crippen molar-refractivity contribution in [1.29, 1.82) is 0 Å². The Balaban J connectivity index is 1.24. The maximum atomic E-state index is 4.49.